The third-order valence-corrected chi connectivity index (χ3v) is 6.88. The molecule has 3 aromatic rings. The maximum Gasteiger partial charge on any atom is 0.264 e. The SMILES string of the molecule is O=S(=O)(Nc1cscc1-c1ccccc1Cl)c1c(Cl)cc(Cl)cc1Cl. The Hall–Kier alpha value is -0.950. The number of thiophene rings is 1. The smallest absolute Gasteiger partial charge is 0.264 e. The van der Waals surface area contributed by atoms with Crippen LogP contribution in [0, 0.1) is 0 Å². The van der Waals surface area contributed by atoms with Crippen molar-refractivity contribution in [2.45, 2.75) is 4.90 Å². The Morgan fingerprint density at radius 1 is 0.840 bits per heavy atom. The van der Waals surface area contributed by atoms with Crippen LogP contribution < -0.4 is 4.72 Å². The summed E-state index contributed by atoms with van der Waals surface area (Å²) in [7, 11) is -4.01. The molecule has 0 aliphatic carbocycles. The summed E-state index contributed by atoms with van der Waals surface area (Å²) in [5.74, 6) is 0. The largest absolute Gasteiger partial charge is 0.278 e. The molecule has 130 valence electrons. The van der Waals surface area contributed by atoms with Gasteiger partial charge in [0.1, 0.15) is 4.90 Å². The summed E-state index contributed by atoms with van der Waals surface area (Å²) in [6, 6.07) is 9.82. The molecule has 0 fully saturated rings. The molecule has 0 saturated heterocycles. The van der Waals surface area contributed by atoms with Crippen molar-refractivity contribution in [2.24, 2.45) is 0 Å². The van der Waals surface area contributed by atoms with Crippen LogP contribution in [0.15, 0.2) is 52.1 Å². The monoisotopic (exact) mass is 451 g/mol. The van der Waals surface area contributed by atoms with E-state index in [-0.39, 0.29) is 20.0 Å². The van der Waals surface area contributed by atoms with E-state index < -0.39 is 10.0 Å². The van der Waals surface area contributed by atoms with Crippen LogP contribution in [-0.2, 0) is 10.0 Å². The van der Waals surface area contributed by atoms with Crippen molar-refractivity contribution >= 4 is 73.5 Å². The van der Waals surface area contributed by atoms with E-state index in [0.29, 0.717) is 16.3 Å². The van der Waals surface area contributed by atoms with E-state index >= 15 is 0 Å². The second kappa shape index (κ2) is 7.35. The van der Waals surface area contributed by atoms with Crippen LogP contribution in [0.4, 0.5) is 5.69 Å². The third kappa shape index (κ3) is 3.92. The molecular formula is C16H9Cl4NO2S2. The van der Waals surface area contributed by atoms with Crippen molar-refractivity contribution < 1.29 is 8.42 Å². The summed E-state index contributed by atoms with van der Waals surface area (Å²) in [6.45, 7) is 0. The van der Waals surface area contributed by atoms with Gasteiger partial charge in [0.05, 0.1) is 15.7 Å². The summed E-state index contributed by atoms with van der Waals surface area (Å²) in [6.07, 6.45) is 0. The highest BCUT2D eigenvalue weighted by molar-refractivity contribution is 7.93. The number of rotatable bonds is 4. The van der Waals surface area contributed by atoms with Gasteiger partial charge in [0, 0.05) is 31.9 Å². The fourth-order valence-electron chi connectivity index (χ4n) is 2.25. The number of halogens is 4. The molecule has 0 spiro atoms. The molecule has 0 saturated carbocycles. The lowest BCUT2D eigenvalue weighted by Gasteiger charge is -2.12. The van der Waals surface area contributed by atoms with Gasteiger partial charge in [0.2, 0.25) is 0 Å². The minimum absolute atomic E-state index is 0.0560. The van der Waals surface area contributed by atoms with Crippen molar-refractivity contribution in [3.05, 3.63) is 67.2 Å². The fourth-order valence-corrected chi connectivity index (χ4v) is 5.96. The first-order valence-corrected chi connectivity index (χ1v) is 10.7. The van der Waals surface area contributed by atoms with Crippen LogP contribution >= 0.6 is 57.7 Å². The minimum atomic E-state index is -4.01. The number of hydrogen-bond acceptors (Lipinski definition) is 3. The Bertz CT molecular complexity index is 1020. The van der Waals surface area contributed by atoms with Crippen LogP contribution in [0.1, 0.15) is 0 Å². The molecule has 9 heteroatoms. The highest BCUT2D eigenvalue weighted by Crippen LogP contribution is 2.39. The zero-order valence-corrected chi connectivity index (χ0v) is 16.9. The molecule has 0 aliphatic heterocycles. The van der Waals surface area contributed by atoms with Crippen molar-refractivity contribution in [2.75, 3.05) is 4.72 Å². The quantitative estimate of drug-likeness (QED) is 0.471. The molecule has 1 N–H and O–H groups in total. The molecule has 1 aromatic heterocycles. The number of nitrogens with one attached hydrogen (secondary N) is 1. The van der Waals surface area contributed by atoms with Gasteiger partial charge < -0.3 is 0 Å². The first-order valence-electron chi connectivity index (χ1n) is 6.78. The molecule has 0 radical (unpaired) electrons. The Kier molecular flexibility index (Phi) is 5.54. The first kappa shape index (κ1) is 18.8. The molecule has 0 aliphatic rings. The summed E-state index contributed by atoms with van der Waals surface area (Å²) in [5, 5.41) is 4.14. The van der Waals surface area contributed by atoms with E-state index in [1.807, 2.05) is 17.5 Å². The topological polar surface area (TPSA) is 46.2 Å². The summed E-state index contributed by atoms with van der Waals surface area (Å²) in [4.78, 5) is -0.225. The van der Waals surface area contributed by atoms with Gasteiger partial charge in [-0.3, -0.25) is 4.72 Å². The van der Waals surface area contributed by atoms with Crippen molar-refractivity contribution in [3.63, 3.8) is 0 Å². The molecule has 2 aromatic carbocycles. The highest BCUT2D eigenvalue weighted by atomic mass is 35.5. The normalized spacial score (nSPS) is 11.5. The van der Waals surface area contributed by atoms with Gasteiger partial charge >= 0.3 is 0 Å². The second-order valence-electron chi connectivity index (χ2n) is 4.98. The van der Waals surface area contributed by atoms with Crippen LogP contribution in [0.2, 0.25) is 20.1 Å². The van der Waals surface area contributed by atoms with Crippen LogP contribution in [0.25, 0.3) is 11.1 Å². The van der Waals surface area contributed by atoms with Gasteiger partial charge in [-0.2, -0.15) is 0 Å². The minimum Gasteiger partial charge on any atom is -0.278 e. The molecule has 3 rings (SSSR count). The van der Waals surface area contributed by atoms with E-state index in [9.17, 15) is 8.42 Å². The summed E-state index contributed by atoms with van der Waals surface area (Å²) >= 11 is 25.5. The van der Waals surface area contributed by atoms with E-state index in [2.05, 4.69) is 4.72 Å². The van der Waals surface area contributed by atoms with Gasteiger partial charge in [-0.05, 0) is 18.2 Å². The molecule has 0 unspecified atom stereocenters. The molecule has 1 heterocycles. The van der Waals surface area contributed by atoms with Crippen molar-refractivity contribution in [1.82, 2.24) is 0 Å². The fraction of sp³-hybridized carbons (Fsp3) is 0. The predicted octanol–water partition coefficient (Wildman–Crippen LogP) is 6.83. The van der Waals surface area contributed by atoms with Gasteiger partial charge in [0.25, 0.3) is 10.0 Å². The molecule has 0 bridgehead atoms. The molecule has 3 nitrogen and oxygen atoms in total. The molecule has 25 heavy (non-hydrogen) atoms. The molecule has 0 atom stereocenters. The highest BCUT2D eigenvalue weighted by Gasteiger charge is 2.24. The number of hydrogen-bond donors (Lipinski definition) is 1. The zero-order valence-electron chi connectivity index (χ0n) is 12.3. The lowest BCUT2D eigenvalue weighted by Crippen LogP contribution is -2.14. The average molecular weight is 453 g/mol. The van der Waals surface area contributed by atoms with Gasteiger partial charge in [-0.1, -0.05) is 64.6 Å². The molecule has 0 amide bonds. The van der Waals surface area contributed by atoms with Crippen LogP contribution in [0.3, 0.4) is 0 Å². The van der Waals surface area contributed by atoms with E-state index in [1.54, 1.807) is 17.5 Å². The Labute approximate surface area is 169 Å². The van der Waals surface area contributed by atoms with Gasteiger partial charge in [-0.25, -0.2) is 8.42 Å². The third-order valence-electron chi connectivity index (χ3n) is 3.30. The van der Waals surface area contributed by atoms with Crippen molar-refractivity contribution in [1.29, 1.82) is 0 Å². The number of sulfonamides is 1. The van der Waals surface area contributed by atoms with Gasteiger partial charge in [-0.15, -0.1) is 11.3 Å². The summed E-state index contributed by atoms with van der Waals surface area (Å²) in [5.41, 5.74) is 1.77. The summed E-state index contributed by atoms with van der Waals surface area (Å²) < 4.78 is 28.1. The first-order chi connectivity index (χ1) is 11.8. The lowest BCUT2D eigenvalue weighted by molar-refractivity contribution is 0.601. The van der Waals surface area contributed by atoms with Crippen molar-refractivity contribution in [3.8, 4) is 11.1 Å². The van der Waals surface area contributed by atoms with Crippen LogP contribution in [-0.4, -0.2) is 8.42 Å². The number of anilines is 1. The van der Waals surface area contributed by atoms with E-state index in [4.69, 9.17) is 46.4 Å². The maximum atomic E-state index is 12.8. The lowest BCUT2D eigenvalue weighted by atomic mass is 10.1. The van der Waals surface area contributed by atoms with E-state index in [0.717, 1.165) is 5.56 Å². The maximum absolute atomic E-state index is 12.8. The zero-order chi connectivity index (χ0) is 18.2. The average Bonchev–Trinajstić information content (AvgIpc) is 2.93. The van der Waals surface area contributed by atoms with Gasteiger partial charge in [0.15, 0.2) is 0 Å². The molecular weight excluding hydrogens is 444 g/mol. The van der Waals surface area contributed by atoms with E-state index in [1.165, 1.54) is 23.5 Å². The standard InChI is InChI=1S/C16H9Cl4NO2S2/c17-9-5-13(19)16(14(20)6-9)25(22,23)21-15-8-24-7-11(15)10-3-1-2-4-12(10)18/h1-8,21H. The second-order valence-corrected chi connectivity index (χ2v) is 9.00. The Balaban J connectivity index is 2.05. The predicted molar refractivity (Wildman–Crippen MR) is 107 cm³/mol. The Morgan fingerprint density at radius 3 is 2.12 bits per heavy atom. The number of benzene rings is 2. The van der Waals surface area contributed by atoms with Crippen LogP contribution in [0.5, 0.6) is 0 Å². The Morgan fingerprint density at radius 2 is 1.48 bits per heavy atom.